The van der Waals surface area contributed by atoms with Gasteiger partial charge in [-0.05, 0) is 30.7 Å². The van der Waals surface area contributed by atoms with Gasteiger partial charge in [0.05, 0.1) is 5.69 Å². The highest BCUT2D eigenvalue weighted by molar-refractivity contribution is 6.03. The maximum absolute atomic E-state index is 13.5. The lowest BCUT2D eigenvalue weighted by Crippen LogP contribution is -2.15. The number of pyridine rings is 1. The molecule has 4 nitrogen and oxygen atoms in total. The van der Waals surface area contributed by atoms with Crippen LogP contribution in [-0.4, -0.2) is 17.4 Å². The van der Waals surface area contributed by atoms with Crippen LogP contribution in [0.2, 0.25) is 0 Å². The molecule has 1 heterocycles. The summed E-state index contributed by atoms with van der Waals surface area (Å²) in [6.45, 7) is 2.74. The second-order valence-corrected chi connectivity index (χ2v) is 4.41. The van der Waals surface area contributed by atoms with Crippen LogP contribution in [0.1, 0.15) is 23.8 Å². The lowest BCUT2D eigenvalue weighted by Gasteiger charge is -2.08. The topological polar surface area (TPSA) is 54.0 Å². The van der Waals surface area contributed by atoms with E-state index in [0.717, 1.165) is 31.2 Å². The number of aromatic nitrogens is 1. The normalized spacial score (nSPS) is 10.2. The molecule has 0 bridgehead atoms. The number of carbonyl (C=O) groups excluding carboxylic acids is 1. The molecule has 21 heavy (non-hydrogen) atoms. The molecule has 1 aromatic carbocycles. The molecule has 0 radical (unpaired) electrons. The number of nitrogens with one attached hydrogen (secondary N) is 2. The van der Waals surface area contributed by atoms with E-state index >= 15 is 0 Å². The summed E-state index contributed by atoms with van der Waals surface area (Å²) in [7, 11) is 0. The van der Waals surface area contributed by atoms with Gasteiger partial charge >= 0.3 is 0 Å². The van der Waals surface area contributed by atoms with Crippen molar-refractivity contribution < 1.29 is 13.6 Å². The van der Waals surface area contributed by atoms with Crippen LogP contribution >= 0.6 is 0 Å². The van der Waals surface area contributed by atoms with Crippen molar-refractivity contribution in [3.63, 3.8) is 0 Å². The molecule has 0 aliphatic carbocycles. The number of rotatable bonds is 5. The first-order valence-corrected chi connectivity index (χ1v) is 6.57. The zero-order valence-electron chi connectivity index (χ0n) is 11.5. The number of halogens is 2. The number of nitrogens with zero attached hydrogens (tertiary/aromatic N) is 1. The Labute approximate surface area is 121 Å². The molecule has 0 spiro atoms. The van der Waals surface area contributed by atoms with E-state index in [1.807, 2.05) is 6.92 Å². The quantitative estimate of drug-likeness (QED) is 0.887. The van der Waals surface area contributed by atoms with E-state index in [9.17, 15) is 13.6 Å². The van der Waals surface area contributed by atoms with Crippen LogP contribution in [-0.2, 0) is 0 Å². The highest BCUT2D eigenvalue weighted by Crippen LogP contribution is 2.16. The van der Waals surface area contributed by atoms with Crippen molar-refractivity contribution in [1.29, 1.82) is 0 Å². The van der Waals surface area contributed by atoms with Crippen molar-refractivity contribution in [3.8, 4) is 0 Å². The minimum absolute atomic E-state index is 0.125. The third-order valence-corrected chi connectivity index (χ3v) is 2.71. The Bertz CT molecular complexity index is 647. The van der Waals surface area contributed by atoms with Crippen molar-refractivity contribution in [3.05, 3.63) is 53.7 Å². The highest BCUT2D eigenvalue weighted by atomic mass is 19.1. The molecule has 2 rings (SSSR count). The molecular weight excluding hydrogens is 276 g/mol. The third-order valence-electron chi connectivity index (χ3n) is 2.71. The molecule has 0 saturated heterocycles. The average Bonchev–Trinajstić information content (AvgIpc) is 2.49. The lowest BCUT2D eigenvalue weighted by molar-refractivity contribution is 0.102. The summed E-state index contributed by atoms with van der Waals surface area (Å²) >= 11 is 0. The van der Waals surface area contributed by atoms with Gasteiger partial charge in [-0.1, -0.05) is 13.0 Å². The van der Waals surface area contributed by atoms with E-state index in [0.29, 0.717) is 5.82 Å². The Kier molecular flexibility index (Phi) is 4.81. The summed E-state index contributed by atoms with van der Waals surface area (Å²) in [5.74, 6) is -1.37. The van der Waals surface area contributed by atoms with Crippen molar-refractivity contribution in [2.45, 2.75) is 13.3 Å². The second-order valence-electron chi connectivity index (χ2n) is 4.41. The molecule has 2 N–H and O–H groups in total. The molecule has 0 unspecified atom stereocenters. The van der Waals surface area contributed by atoms with Crippen molar-refractivity contribution in [2.24, 2.45) is 0 Å². The Hall–Kier alpha value is -2.50. The third kappa shape index (κ3) is 3.98. The first-order valence-electron chi connectivity index (χ1n) is 6.57. The van der Waals surface area contributed by atoms with Gasteiger partial charge < -0.3 is 10.6 Å². The predicted octanol–water partition coefficient (Wildman–Crippen LogP) is 3.43. The number of carbonyl (C=O) groups is 1. The minimum atomic E-state index is -0.704. The lowest BCUT2D eigenvalue weighted by atomic mass is 10.2. The van der Waals surface area contributed by atoms with E-state index in [2.05, 4.69) is 15.6 Å². The molecule has 0 aliphatic rings. The number of benzene rings is 1. The minimum Gasteiger partial charge on any atom is -0.370 e. The average molecular weight is 291 g/mol. The standard InChI is InChI=1S/C15H15F2N3O/c1-2-8-18-14-5-3-4-12(19-14)15(21)20-13-9-10(16)6-7-11(13)17/h3-7,9H,2,8H2,1H3,(H,18,19)(H,20,21). The van der Waals surface area contributed by atoms with Gasteiger partial charge in [-0.25, -0.2) is 13.8 Å². The van der Waals surface area contributed by atoms with Crippen LogP contribution < -0.4 is 10.6 Å². The maximum Gasteiger partial charge on any atom is 0.274 e. The van der Waals surface area contributed by atoms with Crippen LogP contribution in [0, 0.1) is 11.6 Å². The molecule has 2 aromatic rings. The summed E-state index contributed by atoms with van der Waals surface area (Å²) in [6, 6.07) is 7.77. The van der Waals surface area contributed by atoms with E-state index in [1.165, 1.54) is 6.07 Å². The van der Waals surface area contributed by atoms with Gasteiger partial charge in [0.2, 0.25) is 0 Å². The summed E-state index contributed by atoms with van der Waals surface area (Å²) in [5, 5.41) is 5.36. The van der Waals surface area contributed by atoms with E-state index in [1.54, 1.807) is 12.1 Å². The fourth-order valence-electron chi connectivity index (χ4n) is 1.69. The monoisotopic (exact) mass is 291 g/mol. The Morgan fingerprint density at radius 2 is 2.05 bits per heavy atom. The highest BCUT2D eigenvalue weighted by Gasteiger charge is 2.12. The molecule has 6 heteroatoms. The van der Waals surface area contributed by atoms with Crippen LogP contribution in [0.25, 0.3) is 0 Å². The fraction of sp³-hybridized carbons (Fsp3) is 0.200. The van der Waals surface area contributed by atoms with Crippen molar-refractivity contribution in [2.75, 3.05) is 17.2 Å². The summed E-state index contributed by atoms with van der Waals surface area (Å²) in [5.41, 5.74) is -0.0894. The Morgan fingerprint density at radius 1 is 1.24 bits per heavy atom. The van der Waals surface area contributed by atoms with E-state index < -0.39 is 17.5 Å². The van der Waals surface area contributed by atoms with Crippen molar-refractivity contribution in [1.82, 2.24) is 4.98 Å². The van der Waals surface area contributed by atoms with Gasteiger partial charge in [-0.2, -0.15) is 0 Å². The number of anilines is 2. The first-order chi connectivity index (χ1) is 10.1. The summed E-state index contributed by atoms with van der Waals surface area (Å²) in [6.07, 6.45) is 0.923. The van der Waals surface area contributed by atoms with Gasteiger partial charge in [0.25, 0.3) is 5.91 Å². The molecule has 0 fully saturated rings. The molecule has 0 aliphatic heterocycles. The summed E-state index contributed by atoms with van der Waals surface area (Å²) < 4.78 is 26.5. The SMILES string of the molecule is CCCNc1cccc(C(=O)Nc2cc(F)ccc2F)n1. The Balaban J connectivity index is 2.14. The van der Waals surface area contributed by atoms with Crippen LogP contribution in [0.4, 0.5) is 20.3 Å². The number of hydrogen-bond donors (Lipinski definition) is 2. The number of amides is 1. The van der Waals surface area contributed by atoms with E-state index in [4.69, 9.17) is 0 Å². The first kappa shape index (κ1) is 14.9. The zero-order valence-corrected chi connectivity index (χ0v) is 11.5. The largest absolute Gasteiger partial charge is 0.370 e. The molecule has 1 aromatic heterocycles. The summed E-state index contributed by atoms with van der Waals surface area (Å²) in [4.78, 5) is 16.1. The second kappa shape index (κ2) is 6.78. The van der Waals surface area contributed by atoms with E-state index in [-0.39, 0.29) is 11.4 Å². The van der Waals surface area contributed by atoms with Gasteiger partial charge in [0, 0.05) is 12.6 Å². The van der Waals surface area contributed by atoms with Gasteiger partial charge in [-0.15, -0.1) is 0 Å². The van der Waals surface area contributed by atoms with Crippen molar-refractivity contribution >= 4 is 17.4 Å². The molecule has 0 atom stereocenters. The van der Waals surface area contributed by atoms with Crippen LogP contribution in [0.3, 0.4) is 0 Å². The predicted molar refractivity (Wildman–Crippen MR) is 77.3 cm³/mol. The maximum atomic E-state index is 13.5. The Morgan fingerprint density at radius 3 is 2.81 bits per heavy atom. The van der Waals surface area contributed by atoms with Crippen LogP contribution in [0.15, 0.2) is 36.4 Å². The van der Waals surface area contributed by atoms with Gasteiger partial charge in [0.1, 0.15) is 23.1 Å². The fourth-order valence-corrected chi connectivity index (χ4v) is 1.69. The van der Waals surface area contributed by atoms with Gasteiger partial charge in [-0.3, -0.25) is 4.79 Å². The smallest absolute Gasteiger partial charge is 0.274 e. The number of hydrogen-bond acceptors (Lipinski definition) is 3. The van der Waals surface area contributed by atoms with Crippen LogP contribution in [0.5, 0.6) is 0 Å². The van der Waals surface area contributed by atoms with Gasteiger partial charge in [0.15, 0.2) is 0 Å². The zero-order chi connectivity index (χ0) is 15.2. The molecule has 110 valence electrons. The molecule has 0 saturated carbocycles. The molecule has 1 amide bonds. The molecular formula is C15H15F2N3O.